The highest BCUT2D eigenvalue weighted by Gasteiger charge is 2.34. The first-order valence-electron chi connectivity index (χ1n) is 9.53. The number of hydrogen-bond donors (Lipinski definition) is 0. The van der Waals surface area contributed by atoms with Crippen LogP contribution in [0, 0.1) is 17.2 Å². The number of sulfonamides is 1. The fourth-order valence-corrected chi connectivity index (χ4v) is 5.97. The molecule has 154 valence electrons. The van der Waals surface area contributed by atoms with Gasteiger partial charge in [-0.05, 0) is 49.2 Å². The standard InChI is InChI=1S/C21H20N4O3S2/c1-24(21-23-18-4-2-3-5-19(18)29-21)20(26)16-10-12-25(13-11-16)30(27,28)17-8-6-15(14-22)7-9-17/h2-9,16H,10-13H2,1H3. The van der Waals surface area contributed by atoms with Gasteiger partial charge in [0, 0.05) is 26.1 Å². The van der Waals surface area contributed by atoms with Crippen LogP contribution in [0.2, 0.25) is 0 Å². The number of benzene rings is 2. The second kappa shape index (κ2) is 8.14. The highest BCUT2D eigenvalue weighted by Crippen LogP contribution is 2.31. The lowest BCUT2D eigenvalue weighted by atomic mass is 9.97. The van der Waals surface area contributed by atoms with Crippen LogP contribution in [-0.4, -0.2) is 43.8 Å². The molecule has 0 N–H and O–H groups in total. The summed E-state index contributed by atoms with van der Waals surface area (Å²) in [5.74, 6) is -0.279. The molecule has 0 radical (unpaired) electrons. The number of hydrogen-bond acceptors (Lipinski definition) is 6. The van der Waals surface area contributed by atoms with Crippen LogP contribution in [0.5, 0.6) is 0 Å². The number of para-hydroxylation sites is 1. The monoisotopic (exact) mass is 440 g/mol. The summed E-state index contributed by atoms with van der Waals surface area (Å²) < 4.78 is 28.2. The van der Waals surface area contributed by atoms with Crippen LogP contribution in [0.25, 0.3) is 10.2 Å². The quantitative estimate of drug-likeness (QED) is 0.621. The van der Waals surface area contributed by atoms with Crippen molar-refractivity contribution in [1.29, 1.82) is 5.26 Å². The van der Waals surface area contributed by atoms with E-state index in [4.69, 9.17) is 5.26 Å². The molecular weight excluding hydrogens is 420 g/mol. The normalized spacial score (nSPS) is 15.7. The van der Waals surface area contributed by atoms with E-state index >= 15 is 0 Å². The third kappa shape index (κ3) is 3.81. The molecule has 1 aliphatic rings. The molecule has 3 aromatic rings. The van der Waals surface area contributed by atoms with Crippen LogP contribution < -0.4 is 4.90 Å². The molecule has 1 aliphatic heterocycles. The minimum absolute atomic E-state index is 0.0375. The summed E-state index contributed by atoms with van der Waals surface area (Å²) in [5.41, 5.74) is 1.27. The molecule has 1 amide bonds. The summed E-state index contributed by atoms with van der Waals surface area (Å²) in [4.78, 5) is 19.2. The number of amides is 1. The topological polar surface area (TPSA) is 94.4 Å². The second-order valence-corrected chi connectivity index (χ2v) is 10.1. The van der Waals surface area contributed by atoms with Crippen LogP contribution in [0.1, 0.15) is 18.4 Å². The number of thiazole rings is 1. The Hall–Kier alpha value is -2.80. The zero-order chi connectivity index (χ0) is 21.3. The predicted octanol–water partition coefficient (Wildman–Crippen LogP) is 3.23. The number of nitrogens with zero attached hydrogens (tertiary/aromatic N) is 4. The van der Waals surface area contributed by atoms with Gasteiger partial charge in [-0.2, -0.15) is 9.57 Å². The molecule has 30 heavy (non-hydrogen) atoms. The van der Waals surface area contributed by atoms with E-state index in [1.54, 1.807) is 11.9 Å². The molecule has 0 saturated carbocycles. The van der Waals surface area contributed by atoms with Gasteiger partial charge in [-0.3, -0.25) is 9.69 Å². The van der Waals surface area contributed by atoms with E-state index in [0.29, 0.717) is 23.5 Å². The van der Waals surface area contributed by atoms with Crippen molar-refractivity contribution in [2.24, 2.45) is 5.92 Å². The number of carbonyl (C=O) groups excluding carboxylic acids is 1. The average Bonchev–Trinajstić information content (AvgIpc) is 3.22. The van der Waals surface area contributed by atoms with Gasteiger partial charge >= 0.3 is 0 Å². The summed E-state index contributed by atoms with van der Waals surface area (Å²) >= 11 is 1.47. The molecule has 0 spiro atoms. The molecule has 0 unspecified atom stereocenters. The van der Waals surface area contributed by atoms with Crippen molar-refractivity contribution in [3.8, 4) is 6.07 Å². The molecule has 1 saturated heterocycles. The highest BCUT2D eigenvalue weighted by molar-refractivity contribution is 7.89. The maximum atomic E-state index is 13.0. The SMILES string of the molecule is CN(C(=O)C1CCN(S(=O)(=O)c2ccc(C#N)cc2)CC1)c1nc2ccccc2s1. The smallest absolute Gasteiger partial charge is 0.243 e. The van der Waals surface area contributed by atoms with Crippen molar-refractivity contribution in [3.63, 3.8) is 0 Å². The van der Waals surface area contributed by atoms with Gasteiger partial charge in [0.1, 0.15) is 0 Å². The van der Waals surface area contributed by atoms with Crippen LogP contribution in [0.3, 0.4) is 0 Å². The maximum absolute atomic E-state index is 13.0. The van der Waals surface area contributed by atoms with E-state index in [0.717, 1.165) is 10.2 Å². The van der Waals surface area contributed by atoms with E-state index in [9.17, 15) is 13.2 Å². The number of carbonyl (C=O) groups is 1. The first-order chi connectivity index (χ1) is 14.4. The second-order valence-electron chi connectivity index (χ2n) is 7.18. The minimum atomic E-state index is -3.64. The Morgan fingerprint density at radius 2 is 1.83 bits per heavy atom. The van der Waals surface area contributed by atoms with Crippen LogP contribution in [0.15, 0.2) is 53.4 Å². The lowest BCUT2D eigenvalue weighted by Crippen LogP contribution is -2.43. The summed E-state index contributed by atoms with van der Waals surface area (Å²) in [5, 5.41) is 9.53. The van der Waals surface area contributed by atoms with E-state index in [1.807, 2.05) is 30.3 Å². The van der Waals surface area contributed by atoms with Gasteiger partial charge in [0.05, 0.1) is 26.7 Å². The maximum Gasteiger partial charge on any atom is 0.243 e. The fraction of sp³-hybridized carbons (Fsp3) is 0.286. The molecule has 9 heteroatoms. The molecule has 0 aliphatic carbocycles. The Morgan fingerprint density at radius 3 is 2.47 bits per heavy atom. The van der Waals surface area contributed by atoms with Gasteiger partial charge < -0.3 is 0 Å². The van der Waals surface area contributed by atoms with E-state index < -0.39 is 10.0 Å². The van der Waals surface area contributed by atoms with Gasteiger partial charge in [-0.15, -0.1) is 0 Å². The Balaban J connectivity index is 1.43. The molecule has 1 fully saturated rings. The molecule has 4 rings (SSSR count). The van der Waals surface area contributed by atoms with E-state index in [-0.39, 0.29) is 29.8 Å². The number of fused-ring (bicyclic) bond motifs is 1. The number of anilines is 1. The van der Waals surface area contributed by atoms with Crippen molar-refractivity contribution in [2.75, 3.05) is 25.0 Å². The largest absolute Gasteiger partial charge is 0.291 e. The first-order valence-corrected chi connectivity index (χ1v) is 11.8. The zero-order valence-electron chi connectivity index (χ0n) is 16.4. The van der Waals surface area contributed by atoms with Crippen molar-refractivity contribution in [2.45, 2.75) is 17.7 Å². The molecular formula is C21H20N4O3S2. The number of piperidine rings is 1. The molecule has 7 nitrogen and oxygen atoms in total. The van der Waals surface area contributed by atoms with Crippen molar-refractivity contribution in [3.05, 3.63) is 54.1 Å². The fourth-order valence-electron chi connectivity index (χ4n) is 3.57. The van der Waals surface area contributed by atoms with Gasteiger partial charge in [0.25, 0.3) is 0 Å². The lowest BCUT2D eigenvalue weighted by molar-refractivity contribution is -0.123. The molecule has 0 bridgehead atoms. The zero-order valence-corrected chi connectivity index (χ0v) is 18.0. The van der Waals surface area contributed by atoms with Gasteiger partial charge in [0.2, 0.25) is 15.9 Å². The summed E-state index contributed by atoms with van der Waals surface area (Å²) in [6.45, 7) is 0.568. The molecule has 0 atom stereocenters. The lowest BCUT2D eigenvalue weighted by Gasteiger charge is -2.32. The third-order valence-electron chi connectivity index (χ3n) is 5.32. The minimum Gasteiger partial charge on any atom is -0.291 e. The third-order valence-corrected chi connectivity index (χ3v) is 8.35. The Labute approximate surface area is 179 Å². The predicted molar refractivity (Wildman–Crippen MR) is 116 cm³/mol. The van der Waals surface area contributed by atoms with Crippen LogP contribution in [0.4, 0.5) is 5.13 Å². The highest BCUT2D eigenvalue weighted by atomic mass is 32.2. The summed E-state index contributed by atoms with van der Waals surface area (Å²) in [7, 11) is -1.92. The summed E-state index contributed by atoms with van der Waals surface area (Å²) in [6, 6.07) is 15.6. The van der Waals surface area contributed by atoms with Crippen molar-refractivity contribution in [1.82, 2.24) is 9.29 Å². The number of aromatic nitrogens is 1. The Kier molecular flexibility index (Phi) is 5.56. The summed E-state index contributed by atoms with van der Waals surface area (Å²) in [6.07, 6.45) is 0.924. The molecule has 2 aromatic carbocycles. The van der Waals surface area contributed by atoms with Crippen LogP contribution in [-0.2, 0) is 14.8 Å². The van der Waals surface area contributed by atoms with Crippen molar-refractivity contribution >= 4 is 42.6 Å². The Morgan fingerprint density at radius 1 is 1.17 bits per heavy atom. The van der Waals surface area contributed by atoms with Gasteiger partial charge in [-0.1, -0.05) is 23.5 Å². The van der Waals surface area contributed by atoms with E-state index in [2.05, 4.69) is 4.98 Å². The number of nitriles is 1. The van der Waals surface area contributed by atoms with Gasteiger partial charge in [0.15, 0.2) is 5.13 Å². The number of rotatable bonds is 4. The molecule has 2 heterocycles. The average molecular weight is 441 g/mol. The molecule has 1 aromatic heterocycles. The van der Waals surface area contributed by atoms with Crippen molar-refractivity contribution < 1.29 is 13.2 Å². The van der Waals surface area contributed by atoms with Crippen LogP contribution >= 0.6 is 11.3 Å². The first kappa shape index (κ1) is 20.5. The van der Waals surface area contributed by atoms with Gasteiger partial charge in [-0.25, -0.2) is 13.4 Å². The van der Waals surface area contributed by atoms with E-state index in [1.165, 1.54) is 39.9 Å². The Bertz CT molecular complexity index is 1190.